The van der Waals surface area contributed by atoms with Gasteiger partial charge in [-0.15, -0.1) is 0 Å². The summed E-state index contributed by atoms with van der Waals surface area (Å²) in [6, 6.07) is 9.34. The Morgan fingerprint density at radius 2 is 1.95 bits per heavy atom. The number of hydrogen-bond acceptors (Lipinski definition) is 9. The molecule has 2 aromatic heterocycles. The van der Waals surface area contributed by atoms with Gasteiger partial charge in [-0.1, -0.05) is 12.1 Å². The van der Waals surface area contributed by atoms with E-state index in [9.17, 15) is 31.5 Å². The van der Waals surface area contributed by atoms with Crippen molar-refractivity contribution in [3.05, 3.63) is 65.5 Å². The summed E-state index contributed by atoms with van der Waals surface area (Å²) in [5.41, 5.74) is -0.104. The van der Waals surface area contributed by atoms with Crippen molar-refractivity contribution in [1.82, 2.24) is 19.9 Å². The summed E-state index contributed by atoms with van der Waals surface area (Å²) in [5, 5.41) is 14.8. The zero-order valence-corrected chi connectivity index (χ0v) is 21.1. The van der Waals surface area contributed by atoms with Crippen LogP contribution in [0.1, 0.15) is 21.5 Å². The summed E-state index contributed by atoms with van der Waals surface area (Å²) in [5.74, 6) is -0.932. The second kappa shape index (κ2) is 10.4. The fourth-order valence-corrected chi connectivity index (χ4v) is 4.11. The second-order valence-corrected chi connectivity index (χ2v) is 10.6. The van der Waals surface area contributed by atoms with Gasteiger partial charge < -0.3 is 20.6 Å². The first-order valence-corrected chi connectivity index (χ1v) is 13.1. The lowest BCUT2D eigenvalue weighted by Gasteiger charge is -2.35. The Balaban J connectivity index is 1.58. The van der Waals surface area contributed by atoms with E-state index in [2.05, 4.69) is 25.6 Å². The third-order valence-corrected chi connectivity index (χ3v) is 6.89. The van der Waals surface area contributed by atoms with Crippen LogP contribution in [0.25, 0.3) is 0 Å². The SMILES string of the molecule is CN(c1ncccc1CNc1nc(Nc2cccc(C(=O)N3CC(O)C3)c2)ncc1C(F)(F)F)S(C)(=O)=O. The van der Waals surface area contributed by atoms with Crippen LogP contribution in [-0.4, -0.2) is 71.8 Å². The Hall–Kier alpha value is -3.98. The summed E-state index contributed by atoms with van der Waals surface area (Å²) in [4.78, 5) is 25.8. The zero-order valence-electron chi connectivity index (χ0n) is 20.3. The van der Waals surface area contributed by atoms with Gasteiger partial charge in [0.15, 0.2) is 0 Å². The number of anilines is 4. The van der Waals surface area contributed by atoms with E-state index < -0.39 is 33.7 Å². The lowest BCUT2D eigenvalue weighted by atomic mass is 10.1. The number of hydrogen-bond donors (Lipinski definition) is 3. The van der Waals surface area contributed by atoms with Crippen molar-refractivity contribution in [2.24, 2.45) is 0 Å². The molecular formula is C23H24F3N7O4S. The number of rotatable bonds is 8. The van der Waals surface area contributed by atoms with Crippen molar-refractivity contribution in [3.8, 4) is 0 Å². The number of sulfonamides is 1. The molecular weight excluding hydrogens is 527 g/mol. The Morgan fingerprint density at radius 1 is 1.21 bits per heavy atom. The summed E-state index contributed by atoms with van der Waals surface area (Å²) in [6.07, 6.45) is -2.34. The molecule has 15 heteroatoms. The van der Waals surface area contributed by atoms with Crippen LogP contribution in [0.2, 0.25) is 0 Å². The minimum Gasteiger partial charge on any atom is -0.389 e. The molecule has 0 aliphatic carbocycles. The molecule has 1 amide bonds. The number of likely N-dealkylation sites (tertiary alicyclic amines) is 1. The van der Waals surface area contributed by atoms with Crippen molar-refractivity contribution in [3.63, 3.8) is 0 Å². The fraction of sp³-hybridized carbons (Fsp3) is 0.304. The molecule has 1 aromatic carbocycles. The number of aliphatic hydroxyl groups is 1. The first-order valence-electron chi connectivity index (χ1n) is 11.2. The number of alkyl halides is 3. The van der Waals surface area contributed by atoms with Gasteiger partial charge in [0, 0.05) is 55.9 Å². The maximum absolute atomic E-state index is 13.7. The molecule has 1 aliphatic heterocycles. The first kappa shape index (κ1) is 27.1. The van der Waals surface area contributed by atoms with Crippen molar-refractivity contribution < 1.29 is 31.5 Å². The molecule has 3 N–H and O–H groups in total. The molecule has 0 unspecified atom stereocenters. The van der Waals surface area contributed by atoms with Gasteiger partial charge in [-0.25, -0.2) is 18.4 Å². The number of aromatic nitrogens is 3. The van der Waals surface area contributed by atoms with Gasteiger partial charge in [0.25, 0.3) is 5.91 Å². The van der Waals surface area contributed by atoms with Gasteiger partial charge in [0.2, 0.25) is 16.0 Å². The minimum atomic E-state index is -4.77. The van der Waals surface area contributed by atoms with Crippen LogP contribution in [-0.2, 0) is 22.7 Å². The lowest BCUT2D eigenvalue weighted by Crippen LogP contribution is -2.53. The molecule has 0 spiro atoms. The van der Waals surface area contributed by atoms with E-state index in [-0.39, 0.29) is 37.3 Å². The number of nitrogens with one attached hydrogen (secondary N) is 2. The molecule has 38 heavy (non-hydrogen) atoms. The van der Waals surface area contributed by atoms with Gasteiger partial charge in [-0.05, 0) is 24.3 Å². The van der Waals surface area contributed by atoms with Crippen LogP contribution >= 0.6 is 0 Å². The van der Waals surface area contributed by atoms with E-state index >= 15 is 0 Å². The van der Waals surface area contributed by atoms with Crippen LogP contribution in [0.5, 0.6) is 0 Å². The number of nitrogens with zero attached hydrogens (tertiary/aromatic N) is 5. The van der Waals surface area contributed by atoms with Crippen LogP contribution < -0.4 is 14.9 Å². The molecule has 3 heterocycles. The maximum atomic E-state index is 13.7. The summed E-state index contributed by atoms with van der Waals surface area (Å²) >= 11 is 0. The molecule has 4 rings (SSSR count). The normalized spacial score (nSPS) is 14.1. The van der Waals surface area contributed by atoms with E-state index in [4.69, 9.17) is 0 Å². The summed E-state index contributed by atoms with van der Waals surface area (Å²) in [6.45, 7) is 0.243. The number of aliphatic hydroxyl groups excluding tert-OH is 1. The minimum absolute atomic E-state index is 0.0552. The highest BCUT2D eigenvalue weighted by Gasteiger charge is 2.35. The van der Waals surface area contributed by atoms with Gasteiger partial charge in [0.05, 0.1) is 12.4 Å². The van der Waals surface area contributed by atoms with E-state index in [1.807, 2.05) is 0 Å². The number of carbonyl (C=O) groups is 1. The van der Waals surface area contributed by atoms with Gasteiger partial charge in [-0.2, -0.15) is 18.2 Å². The van der Waals surface area contributed by atoms with Crippen molar-refractivity contribution in [1.29, 1.82) is 0 Å². The Labute approximate surface area is 216 Å². The van der Waals surface area contributed by atoms with Gasteiger partial charge in [0.1, 0.15) is 17.2 Å². The molecule has 0 radical (unpaired) electrons. The van der Waals surface area contributed by atoms with Crippen LogP contribution in [0.3, 0.4) is 0 Å². The predicted octanol–water partition coefficient (Wildman–Crippen LogP) is 2.46. The highest BCUT2D eigenvalue weighted by atomic mass is 32.2. The van der Waals surface area contributed by atoms with E-state index in [1.165, 1.54) is 36.3 Å². The number of carbonyl (C=O) groups excluding carboxylic acids is 1. The van der Waals surface area contributed by atoms with Crippen LogP contribution in [0.4, 0.5) is 36.4 Å². The Morgan fingerprint density at radius 3 is 2.61 bits per heavy atom. The van der Waals surface area contributed by atoms with Crippen molar-refractivity contribution in [2.45, 2.75) is 18.8 Å². The van der Waals surface area contributed by atoms with Crippen LogP contribution in [0.15, 0.2) is 48.8 Å². The Kier molecular flexibility index (Phi) is 7.42. The van der Waals surface area contributed by atoms with Crippen molar-refractivity contribution in [2.75, 3.05) is 41.3 Å². The monoisotopic (exact) mass is 551 g/mol. The molecule has 1 aliphatic rings. The molecule has 1 fully saturated rings. The number of halogens is 3. The highest BCUT2D eigenvalue weighted by molar-refractivity contribution is 7.92. The number of amides is 1. The molecule has 202 valence electrons. The quantitative estimate of drug-likeness (QED) is 0.385. The molecule has 1 saturated heterocycles. The lowest BCUT2D eigenvalue weighted by molar-refractivity contribution is -0.137. The highest BCUT2D eigenvalue weighted by Crippen LogP contribution is 2.34. The maximum Gasteiger partial charge on any atom is 0.421 e. The average molecular weight is 552 g/mol. The predicted molar refractivity (Wildman–Crippen MR) is 133 cm³/mol. The summed E-state index contributed by atoms with van der Waals surface area (Å²) < 4.78 is 65.9. The first-order chi connectivity index (χ1) is 17.8. The number of pyridine rings is 1. The average Bonchev–Trinajstić information content (AvgIpc) is 2.84. The third kappa shape index (κ3) is 6.11. The zero-order chi connectivity index (χ0) is 27.7. The fourth-order valence-electron chi connectivity index (χ4n) is 3.63. The molecule has 0 bridgehead atoms. The second-order valence-electron chi connectivity index (χ2n) is 8.59. The van der Waals surface area contributed by atoms with Crippen LogP contribution in [0, 0.1) is 0 Å². The van der Waals surface area contributed by atoms with E-state index in [1.54, 1.807) is 18.2 Å². The molecule has 0 saturated carbocycles. The largest absolute Gasteiger partial charge is 0.421 e. The number of benzene rings is 1. The molecule has 3 aromatic rings. The third-order valence-electron chi connectivity index (χ3n) is 5.72. The summed E-state index contributed by atoms with van der Waals surface area (Å²) in [7, 11) is -2.37. The number of β-amino-alcohol motifs (C(OH)–C–C–N with tert-alkyl or cyclic N) is 1. The van der Waals surface area contributed by atoms with E-state index in [0.29, 0.717) is 23.0 Å². The molecule has 11 nitrogen and oxygen atoms in total. The van der Waals surface area contributed by atoms with Gasteiger partial charge in [-0.3, -0.25) is 9.10 Å². The Bertz CT molecular complexity index is 1450. The van der Waals surface area contributed by atoms with E-state index in [0.717, 1.165) is 10.6 Å². The standard InChI is InChI=1S/C23H24F3N7O4S/c1-32(38(2,36)37)20-15(6-4-8-27-20)10-28-19-18(23(24,25)26)11-29-22(31-19)30-16-7-3-5-14(9-16)21(35)33-12-17(34)13-33/h3-9,11,17,34H,10,12-13H2,1-2H3,(H2,28,29,30,31). The topological polar surface area (TPSA) is 141 Å². The van der Waals surface area contributed by atoms with Crippen molar-refractivity contribution >= 4 is 39.2 Å². The van der Waals surface area contributed by atoms with Gasteiger partial charge >= 0.3 is 6.18 Å². The molecule has 0 atom stereocenters. The smallest absolute Gasteiger partial charge is 0.389 e.